The van der Waals surface area contributed by atoms with E-state index >= 15 is 0 Å². The normalized spacial score (nSPS) is 11.3. The van der Waals surface area contributed by atoms with Crippen molar-refractivity contribution in [3.63, 3.8) is 0 Å². The molecule has 0 unspecified atom stereocenters. The summed E-state index contributed by atoms with van der Waals surface area (Å²) in [6, 6.07) is 3.80. The van der Waals surface area contributed by atoms with Gasteiger partial charge in [-0.15, -0.1) is 0 Å². The third-order valence-electron chi connectivity index (χ3n) is 2.10. The van der Waals surface area contributed by atoms with Gasteiger partial charge in [0.25, 0.3) is 0 Å². The largest absolute Gasteiger partial charge is 0.457 e. The zero-order chi connectivity index (χ0) is 11.3. The molecule has 1 aromatic rings. The van der Waals surface area contributed by atoms with Gasteiger partial charge in [-0.1, -0.05) is 12.1 Å². The number of rotatable bonds is 3. The Morgan fingerprint density at radius 2 is 2.27 bits per heavy atom. The molecule has 0 amide bonds. The molecule has 1 rings (SSSR count). The van der Waals surface area contributed by atoms with Gasteiger partial charge in [-0.2, -0.15) is 0 Å². The van der Waals surface area contributed by atoms with Gasteiger partial charge in [-0.05, 0) is 26.8 Å². The summed E-state index contributed by atoms with van der Waals surface area (Å²) in [5, 5.41) is 0. The molecule has 0 radical (unpaired) electrons. The van der Waals surface area contributed by atoms with E-state index in [0.29, 0.717) is 5.57 Å². The Morgan fingerprint density at radius 3 is 2.80 bits per heavy atom. The quantitative estimate of drug-likeness (QED) is 0.562. The molecule has 0 N–H and O–H groups in total. The number of aromatic nitrogens is 1. The maximum atomic E-state index is 11.3. The fourth-order valence-electron chi connectivity index (χ4n) is 0.964. The van der Waals surface area contributed by atoms with Crippen LogP contribution in [0.25, 0.3) is 0 Å². The van der Waals surface area contributed by atoms with Crippen LogP contribution in [0, 0.1) is 6.92 Å². The second kappa shape index (κ2) is 5.29. The van der Waals surface area contributed by atoms with Gasteiger partial charge in [0.2, 0.25) is 0 Å². The molecule has 80 valence electrons. The van der Waals surface area contributed by atoms with Crippen LogP contribution in [-0.2, 0) is 16.1 Å². The molecule has 0 aliphatic heterocycles. The number of hydrogen-bond acceptors (Lipinski definition) is 3. The van der Waals surface area contributed by atoms with Crippen LogP contribution >= 0.6 is 0 Å². The van der Waals surface area contributed by atoms with Gasteiger partial charge in [-0.25, -0.2) is 4.79 Å². The average molecular weight is 205 g/mol. The van der Waals surface area contributed by atoms with Crippen LogP contribution in [0.1, 0.15) is 25.1 Å². The lowest BCUT2D eigenvalue weighted by atomic mass is 10.2. The molecule has 0 fully saturated rings. The molecular weight excluding hydrogens is 190 g/mol. The molecule has 0 aliphatic rings. The molecule has 0 aliphatic carbocycles. The fraction of sp³-hybridized carbons (Fsp3) is 0.333. The van der Waals surface area contributed by atoms with Gasteiger partial charge in [0.1, 0.15) is 6.61 Å². The molecule has 1 heterocycles. The summed E-state index contributed by atoms with van der Waals surface area (Å²) in [4.78, 5) is 15.4. The molecule has 0 spiro atoms. The molecule has 0 aromatic carbocycles. The lowest BCUT2D eigenvalue weighted by molar-refractivity contribution is -0.140. The molecule has 0 atom stereocenters. The molecule has 0 saturated carbocycles. The number of aryl methyl sites for hydroxylation is 1. The van der Waals surface area contributed by atoms with Crippen molar-refractivity contribution in [3.05, 3.63) is 41.2 Å². The van der Waals surface area contributed by atoms with Crippen molar-refractivity contribution in [1.82, 2.24) is 4.98 Å². The first-order valence-electron chi connectivity index (χ1n) is 4.85. The van der Waals surface area contributed by atoms with E-state index < -0.39 is 0 Å². The van der Waals surface area contributed by atoms with Crippen molar-refractivity contribution in [2.45, 2.75) is 27.4 Å². The van der Waals surface area contributed by atoms with Crippen molar-refractivity contribution in [1.29, 1.82) is 0 Å². The van der Waals surface area contributed by atoms with Gasteiger partial charge in [0, 0.05) is 23.0 Å². The molecule has 3 nitrogen and oxygen atoms in total. The number of allylic oxidation sites excluding steroid dienone is 1. The lowest BCUT2D eigenvalue weighted by Crippen LogP contribution is -2.05. The predicted molar refractivity (Wildman–Crippen MR) is 58.2 cm³/mol. The second-order valence-corrected chi connectivity index (χ2v) is 3.36. The topological polar surface area (TPSA) is 39.2 Å². The van der Waals surface area contributed by atoms with E-state index in [0.717, 1.165) is 11.3 Å². The fourth-order valence-corrected chi connectivity index (χ4v) is 0.964. The van der Waals surface area contributed by atoms with E-state index in [2.05, 4.69) is 4.98 Å². The van der Waals surface area contributed by atoms with Gasteiger partial charge >= 0.3 is 5.97 Å². The highest BCUT2D eigenvalue weighted by Crippen LogP contribution is 2.04. The summed E-state index contributed by atoms with van der Waals surface area (Å²) in [5.74, 6) is -0.280. The van der Waals surface area contributed by atoms with Crippen molar-refractivity contribution in [2.24, 2.45) is 0 Å². The number of carbonyl (C=O) groups is 1. The van der Waals surface area contributed by atoms with Crippen LogP contribution in [0.15, 0.2) is 30.0 Å². The van der Waals surface area contributed by atoms with Gasteiger partial charge < -0.3 is 4.74 Å². The third kappa shape index (κ3) is 3.54. The highest BCUT2D eigenvalue weighted by molar-refractivity contribution is 5.87. The van der Waals surface area contributed by atoms with Crippen LogP contribution in [0.3, 0.4) is 0 Å². The summed E-state index contributed by atoms with van der Waals surface area (Å²) in [6.07, 6.45) is 3.45. The van der Waals surface area contributed by atoms with E-state index in [9.17, 15) is 4.79 Å². The maximum absolute atomic E-state index is 11.3. The summed E-state index contributed by atoms with van der Waals surface area (Å²) >= 11 is 0. The van der Waals surface area contributed by atoms with Crippen molar-refractivity contribution >= 4 is 5.97 Å². The Morgan fingerprint density at radius 1 is 1.53 bits per heavy atom. The first-order chi connectivity index (χ1) is 7.13. The first-order valence-corrected chi connectivity index (χ1v) is 4.85. The monoisotopic (exact) mass is 205 g/mol. The zero-order valence-electron chi connectivity index (χ0n) is 9.28. The smallest absolute Gasteiger partial charge is 0.333 e. The van der Waals surface area contributed by atoms with E-state index in [1.165, 1.54) is 0 Å². The summed E-state index contributed by atoms with van der Waals surface area (Å²) < 4.78 is 5.07. The van der Waals surface area contributed by atoms with Crippen LogP contribution < -0.4 is 0 Å². The molecule has 15 heavy (non-hydrogen) atoms. The number of ether oxygens (including phenoxy) is 1. The molecule has 0 bridgehead atoms. The first kappa shape index (κ1) is 11.4. The molecular formula is C12H15NO2. The third-order valence-corrected chi connectivity index (χ3v) is 2.10. The maximum Gasteiger partial charge on any atom is 0.333 e. The molecule has 3 heteroatoms. The lowest BCUT2D eigenvalue weighted by Gasteiger charge is -2.04. The van der Waals surface area contributed by atoms with E-state index in [1.807, 2.05) is 26.0 Å². The molecule has 0 saturated heterocycles. The van der Waals surface area contributed by atoms with Crippen molar-refractivity contribution < 1.29 is 9.53 Å². The Balaban J connectivity index is 2.51. The standard InChI is InChI=1S/C12H15NO2/c1-4-9(2)12(14)15-8-11-6-5-10(3)13-7-11/h4-7H,8H2,1-3H3. The molecule has 1 aromatic heterocycles. The Hall–Kier alpha value is -1.64. The number of hydrogen-bond donors (Lipinski definition) is 0. The van der Waals surface area contributed by atoms with Crippen molar-refractivity contribution in [3.8, 4) is 0 Å². The number of pyridine rings is 1. The highest BCUT2D eigenvalue weighted by atomic mass is 16.5. The number of esters is 1. The Bertz CT molecular complexity index is 366. The Labute approximate surface area is 89.8 Å². The van der Waals surface area contributed by atoms with Crippen LogP contribution in [0.2, 0.25) is 0 Å². The van der Waals surface area contributed by atoms with Crippen LogP contribution in [0.4, 0.5) is 0 Å². The number of nitrogens with zero attached hydrogens (tertiary/aromatic N) is 1. The predicted octanol–water partition coefficient (Wildman–Crippen LogP) is 2.40. The summed E-state index contributed by atoms with van der Waals surface area (Å²) in [7, 11) is 0. The summed E-state index contributed by atoms with van der Waals surface area (Å²) in [5.41, 5.74) is 2.47. The van der Waals surface area contributed by atoms with Crippen molar-refractivity contribution in [2.75, 3.05) is 0 Å². The van der Waals surface area contributed by atoms with E-state index in [-0.39, 0.29) is 12.6 Å². The summed E-state index contributed by atoms with van der Waals surface area (Å²) in [6.45, 7) is 5.73. The van der Waals surface area contributed by atoms with E-state index in [1.54, 1.807) is 19.2 Å². The Kier molecular flexibility index (Phi) is 4.03. The van der Waals surface area contributed by atoms with Crippen LogP contribution in [0.5, 0.6) is 0 Å². The van der Waals surface area contributed by atoms with Gasteiger partial charge in [-0.3, -0.25) is 4.98 Å². The average Bonchev–Trinajstić information content (AvgIpc) is 2.26. The van der Waals surface area contributed by atoms with Gasteiger partial charge in [0.05, 0.1) is 0 Å². The number of carbonyl (C=O) groups excluding carboxylic acids is 1. The minimum absolute atomic E-state index is 0.275. The SMILES string of the molecule is CC=C(C)C(=O)OCc1ccc(C)nc1. The van der Waals surface area contributed by atoms with Crippen LogP contribution in [-0.4, -0.2) is 11.0 Å². The second-order valence-electron chi connectivity index (χ2n) is 3.36. The van der Waals surface area contributed by atoms with Gasteiger partial charge in [0.15, 0.2) is 0 Å². The van der Waals surface area contributed by atoms with E-state index in [4.69, 9.17) is 4.74 Å². The highest BCUT2D eigenvalue weighted by Gasteiger charge is 2.04. The zero-order valence-corrected chi connectivity index (χ0v) is 9.28. The minimum atomic E-state index is -0.280. The minimum Gasteiger partial charge on any atom is -0.457 e.